The van der Waals surface area contributed by atoms with Crippen LogP contribution in [0.4, 0.5) is 0 Å². The molecule has 0 amide bonds. The highest BCUT2D eigenvalue weighted by Gasteiger charge is 2.50. The maximum absolute atomic E-state index is 14.3. The van der Waals surface area contributed by atoms with Crippen LogP contribution in [0.2, 0.25) is 0 Å². The summed E-state index contributed by atoms with van der Waals surface area (Å²) in [5.74, 6) is -3.41. The summed E-state index contributed by atoms with van der Waals surface area (Å²) in [6, 6.07) is 8.26. The van der Waals surface area contributed by atoms with E-state index in [9.17, 15) is 81.1 Å². The van der Waals surface area contributed by atoms with Gasteiger partial charge in [-0.05, 0) is 41.5 Å². The number of phenols is 2. The maximum Gasteiger partial charge on any atom is 0.339 e. The Labute approximate surface area is 317 Å². The van der Waals surface area contributed by atoms with Crippen molar-refractivity contribution in [2.24, 2.45) is 0 Å². The first kappa shape index (κ1) is 43.2. The molecule has 20 nitrogen and oxygen atoms in total. The molecular weight excluding hydrogens is 752 g/mol. The van der Waals surface area contributed by atoms with Crippen molar-refractivity contribution >= 4 is 23.4 Å². The molecule has 0 saturated carbocycles. The summed E-state index contributed by atoms with van der Waals surface area (Å²) in [7, 11) is 0. The van der Waals surface area contributed by atoms with E-state index in [0.29, 0.717) is 0 Å². The Morgan fingerprint density at radius 1 is 0.625 bits per heavy atom. The van der Waals surface area contributed by atoms with Gasteiger partial charge < -0.3 is 90.4 Å². The maximum atomic E-state index is 14.3. The smallest absolute Gasteiger partial charge is 0.339 e. The van der Waals surface area contributed by atoms with E-state index in [1.54, 1.807) is 0 Å². The van der Waals surface area contributed by atoms with Crippen LogP contribution in [0.1, 0.15) is 22.8 Å². The molecule has 56 heavy (non-hydrogen) atoms. The molecule has 0 aliphatic carbocycles. The van der Waals surface area contributed by atoms with Crippen LogP contribution in [0.15, 0.2) is 54.1 Å². The number of rotatable bonds is 11. The summed E-state index contributed by atoms with van der Waals surface area (Å²) in [4.78, 5) is 28.5. The van der Waals surface area contributed by atoms with E-state index < -0.39 is 140 Å². The van der Waals surface area contributed by atoms with Crippen molar-refractivity contribution in [3.63, 3.8) is 0 Å². The molecule has 2 aromatic rings. The molecule has 0 bridgehead atoms. The van der Waals surface area contributed by atoms with Crippen molar-refractivity contribution < 1.29 is 100 Å². The highest BCUT2D eigenvalue weighted by atomic mass is 16.7. The number of esters is 1. The van der Waals surface area contributed by atoms with E-state index >= 15 is 0 Å². The third kappa shape index (κ3) is 8.64. The van der Waals surface area contributed by atoms with Gasteiger partial charge >= 0.3 is 5.97 Å². The average Bonchev–Trinajstić information content (AvgIpc) is 3.19. The first-order chi connectivity index (χ1) is 26.5. The molecule has 2 aromatic carbocycles. The minimum atomic E-state index is -2.20. The Morgan fingerprint density at radius 2 is 1.16 bits per heavy atom. The molecule has 308 valence electrons. The number of ether oxygens (including phenoxy) is 4. The molecule has 0 radical (unpaired) electrons. The molecular formula is C36H44O20. The van der Waals surface area contributed by atoms with Gasteiger partial charge in [0.15, 0.2) is 5.78 Å². The first-order valence-corrected chi connectivity index (χ1v) is 17.3. The quantitative estimate of drug-likeness (QED) is 0.0746. The van der Waals surface area contributed by atoms with E-state index in [0.717, 1.165) is 30.4 Å². The Hall–Kier alpha value is -3.94. The molecule has 3 aliphatic rings. The predicted octanol–water partition coefficient (Wildman–Crippen LogP) is -5.17. The van der Waals surface area contributed by atoms with Crippen LogP contribution >= 0.6 is 0 Å². The van der Waals surface area contributed by atoms with Crippen LogP contribution in [0.5, 0.6) is 11.5 Å². The van der Waals surface area contributed by atoms with Gasteiger partial charge in [-0.15, -0.1) is 0 Å². The SMILES string of the molecule is O=C(C=Cc1ccc(O)c(C2O[C@H](CO)[C@@H](O)[C@H](O)[C@H]2O)c1)C(=C(C(=O)OC1O[C@H](CO)[C@@H](O)[C@H](O)[C@H]1O)C1O[C@H](CO)[C@@H](O)[C@H](O)[C@H]1O)c1ccc(O)cc1. The van der Waals surface area contributed by atoms with Gasteiger partial charge in [-0.1, -0.05) is 24.3 Å². The van der Waals surface area contributed by atoms with E-state index in [-0.39, 0.29) is 22.4 Å². The zero-order chi connectivity index (χ0) is 41.2. The number of carbonyl (C=O) groups is 2. The Morgan fingerprint density at radius 3 is 1.75 bits per heavy atom. The van der Waals surface area contributed by atoms with E-state index in [4.69, 9.17) is 18.9 Å². The van der Waals surface area contributed by atoms with Crippen molar-refractivity contribution in [3.05, 3.63) is 70.8 Å². The van der Waals surface area contributed by atoms with Crippen molar-refractivity contribution in [1.29, 1.82) is 0 Å². The number of ketones is 1. The van der Waals surface area contributed by atoms with Crippen LogP contribution in [0, 0.1) is 0 Å². The van der Waals surface area contributed by atoms with Crippen LogP contribution < -0.4 is 0 Å². The Balaban J connectivity index is 1.62. The Kier molecular flexibility index (Phi) is 14.0. The molecule has 15 atom stereocenters. The topological polar surface area (TPSA) is 354 Å². The second kappa shape index (κ2) is 18.1. The molecule has 0 spiro atoms. The zero-order valence-corrected chi connectivity index (χ0v) is 29.2. The third-order valence-electron chi connectivity index (χ3n) is 9.82. The van der Waals surface area contributed by atoms with Crippen molar-refractivity contribution in [3.8, 4) is 11.5 Å². The summed E-state index contributed by atoms with van der Waals surface area (Å²) in [5.41, 5.74) is -1.69. The van der Waals surface area contributed by atoms with Crippen LogP contribution in [-0.4, -0.2) is 189 Å². The lowest BCUT2D eigenvalue weighted by atomic mass is 9.85. The molecule has 14 N–H and O–H groups in total. The number of aromatic hydroxyl groups is 2. The summed E-state index contributed by atoms with van der Waals surface area (Å²) in [6.07, 6.45) is -25.6. The molecule has 3 heterocycles. The summed E-state index contributed by atoms with van der Waals surface area (Å²) in [5, 5.41) is 144. The summed E-state index contributed by atoms with van der Waals surface area (Å²) < 4.78 is 21.8. The number of allylic oxidation sites excluding steroid dienone is 2. The van der Waals surface area contributed by atoms with Crippen LogP contribution in [0.3, 0.4) is 0 Å². The predicted molar refractivity (Wildman–Crippen MR) is 184 cm³/mol. The fourth-order valence-electron chi connectivity index (χ4n) is 6.61. The fraction of sp³-hybridized carbons (Fsp3) is 0.500. The lowest BCUT2D eigenvalue weighted by Crippen LogP contribution is -2.61. The molecule has 3 saturated heterocycles. The zero-order valence-electron chi connectivity index (χ0n) is 29.2. The average molecular weight is 797 g/mol. The van der Waals surface area contributed by atoms with Gasteiger partial charge in [-0.3, -0.25) is 4.79 Å². The molecule has 5 rings (SSSR count). The van der Waals surface area contributed by atoms with Crippen molar-refractivity contribution in [2.75, 3.05) is 19.8 Å². The van der Waals surface area contributed by atoms with Gasteiger partial charge in [0, 0.05) is 11.1 Å². The number of hydrogen-bond acceptors (Lipinski definition) is 20. The van der Waals surface area contributed by atoms with E-state index in [2.05, 4.69) is 0 Å². The minimum absolute atomic E-state index is 0.129. The molecule has 0 aromatic heterocycles. The van der Waals surface area contributed by atoms with Crippen LogP contribution in [-0.2, 0) is 28.5 Å². The first-order valence-electron chi connectivity index (χ1n) is 17.3. The number of carbonyl (C=O) groups excluding carboxylic acids is 2. The summed E-state index contributed by atoms with van der Waals surface area (Å²) in [6.45, 7) is -2.62. The molecule has 3 unspecified atom stereocenters. The van der Waals surface area contributed by atoms with Gasteiger partial charge in [0.25, 0.3) is 0 Å². The minimum Gasteiger partial charge on any atom is -0.508 e. The second-order valence-electron chi connectivity index (χ2n) is 13.5. The number of benzene rings is 2. The summed E-state index contributed by atoms with van der Waals surface area (Å²) >= 11 is 0. The Bertz CT molecular complexity index is 1740. The van der Waals surface area contributed by atoms with E-state index in [1.165, 1.54) is 24.3 Å². The van der Waals surface area contributed by atoms with Gasteiger partial charge in [0.1, 0.15) is 97.0 Å². The highest BCUT2D eigenvalue weighted by Crippen LogP contribution is 2.38. The lowest BCUT2D eigenvalue weighted by molar-refractivity contribution is -0.292. The van der Waals surface area contributed by atoms with Gasteiger partial charge in [-0.25, -0.2) is 4.79 Å². The van der Waals surface area contributed by atoms with Gasteiger partial charge in [0.2, 0.25) is 6.29 Å². The highest BCUT2D eigenvalue weighted by molar-refractivity contribution is 6.31. The van der Waals surface area contributed by atoms with Crippen LogP contribution in [0.25, 0.3) is 11.6 Å². The van der Waals surface area contributed by atoms with Gasteiger partial charge in [0.05, 0.1) is 25.4 Å². The standard InChI is InChI=1S/C36H44O20/c37-10-19-24(43)27(46)30(49)33(53-19)16-9-13(1-7-17(16)41)2-8-18(42)22(14-3-5-15(40)6-4-14)23(34-31(50)28(47)25(44)20(11-38)54-34)35(52)56-36-32(51)29(48)26(45)21(12-39)55-36/h1-9,19-21,24-34,36-41,43-51H,10-12H2/t19-,20-,21-,24-,25-,26-,27+,28+,29+,30-,31-,32-,33?,34?,36?/m1/s1. The van der Waals surface area contributed by atoms with Crippen molar-refractivity contribution in [1.82, 2.24) is 0 Å². The fourth-order valence-corrected chi connectivity index (χ4v) is 6.61. The lowest BCUT2D eigenvalue weighted by Gasteiger charge is -2.42. The monoisotopic (exact) mass is 796 g/mol. The molecule has 3 aliphatic heterocycles. The number of aliphatic hydroxyl groups is 12. The number of aliphatic hydroxyl groups excluding tert-OH is 12. The second-order valence-corrected chi connectivity index (χ2v) is 13.5. The van der Waals surface area contributed by atoms with Crippen molar-refractivity contribution in [2.45, 2.75) is 91.7 Å². The normalized spacial score (nSPS) is 36.9. The molecule has 3 fully saturated rings. The number of hydrogen-bond donors (Lipinski definition) is 14. The van der Waals surface area contributed by atoms with E-state index in [1.807, 2.05) is 0 Å². The van der Waals surface area contributed by atoms with Gasteiger partial charge in [-0.2, -0.15) is 0 Å². The third-order valence-corrected chi connectivity index (χ3v) is 9.82. The molecule has 20 heteroatoms. The number of phenolic OH excluding ortho intramolecular Hbond substituents is 2. The largest absolute Gasteiger partial charge is 0.508 e.